The molecule has 2 aromatic carbocycles. The molecule has 1 aliphatic carbocycles. The van der Waals surface area contributed by atoms with E-state index >= 15 is 0 Å². The first-order valence-corrected chi connectivity index (χ1v) is 10.6. The first kappa shape index (κ1) is 20.8. The number of methoxy groups -OCH3 is 1. The fourth-order valence-corrected chi connectivity index (χ4v) is 4.93. The highest BCUT2D eigenvalue weighted by Crippen LogP contribution is 2.51. The van der Waals surface area contributed by atoms with Gasteiger partial charge in [0.15, 0.2) is 0 Å². The van der Waals surface area contributed by atoms with Crippen LogP contribution in [0, 0.1) is 5.41 Å². The molecule has 0 amide bonds. The van der Waals surface area contributed by atoms with Gasteiger partial charge in [-0.2, -0.15) is 0 Å². The third kappa shape index (κ3) is 3.94. The molecule has 3 rings (SSSR count). The van der Waals surface area contributed by atoms with Crippen molar-refractivity contribution in [3.63, 3.8) is 0 Å². The number of esters is 1. The zero-order valence-corrected chi connectivity index (χ0v) is 18.2. The molecule has 2 atom stereocenters. The van der Waals surface area contributed by atoms with Crippen molar-refractivity contribution in [1.82, 2.24) is 0 Å². The molecule has 2 aromatic rings. The van der Waals surface area contributed by atoms with Crippen LogP contribution >= 0.6 is 15.9 Å². The van der Waals surface area contributed by atoms with Crippen molar-refractivity contribution in [3.8, 4) is 0 Å². The van der Waals surface area contributed by atoms with Gasteiger partial charge < -0.3 is 10.5 Å². The highest BCUT2D eigenvalue weighted by molar-refractivity contribution is 9.10. The van der Waals surface area contributed by atoms with Gasteiger partial charge in [-0.3, -0.25) is 0 Å². The SMILES string of the molecule is C=C(CCC1(CCC)Cc2ccccc2[C@H]1N)c1ccc(Br)cc1C(=O)OC. The Balaban J connectivity index is 1.83. The van der Waals surface area contributed by atoms with Gasteiger partial charge in [0.25, 0.3) is 0 Å². The first-order valence-electron chi connectivity index (χ1n) is 9.81. The minimum Gasteiger partial charge on any atom is -0.465 e. The van der Waals surface area contributed by atoms with Gasteiger partial charge in [-0.05, 0) is 65.5 Å². The molecule has 0 aromatic heterocycles. The van der Waals surface area contributed by atoms with Crippen molar-refractivity contribution in [1.29, 1.82) is 0 Å². The molecule has 0 radical (unpaired) electrons. The number of hydrogen-bond donors (Lipinski definition) is 1. The monoisotopic (exact) mass is 441 g/mol. The summed E-state index contributed by atoms with van der Waals surface area (Å²) in [6.45, 7) is 6.51. The number of benzene rings is 2. The lowest BCUT2D eigenvalue weighted by atomic mass is 9.72. The van der Waals surface area contributed by atoms with Crippen molar-refractivity contribution in [3.05, 3.63) is 75.8 Å². The lowest BCUT2D eigenvalue weighted by Crippen LogP contribution is -2.31. The molecule has 28 heavy (non-hydrogen) atoms. The molecular formula is C24H28BrNO2. The van der Waals surface area contributed by atoms with Gasteiger partial charge in [0.05, 0.1) is 12.7 Å². The second kappa shape index (κ2) is 8.62. The minimum absolute atomic E-state index is 0.0430. The van der Waals surface area contributed by atoms with Crippen LogP contribution in [0.25, 0.3) is 5.57 Å². The largest absolute Gasteiger partial charge is 0.465 e. The van der Waals surface area contributed by atoms with Crippen LogP contribution in [0.3, 0.4) is 0 Å². The number of carbonyl (C=O) groups excluding carboxylic acids is 1. The Kier molecular flexibility index (Phi) is 6.41. The molecule has 0 bridgehead atoms. The van der Waals surface area contributed by atoms with Gasteiger partial charge in [0.2, 0.25) is 0 Å². The van der Waals surface area contributed by atoms with Crippen LogP contribution in [-0.2, 0) is 11.2 Å². The molecule has 0 fully saturated rings. The fourth-order valence-electron chi connectivity index (χ4n) is 4.57. The molecule has 1 unspecified atom stereocenters. The average molecular weight is 442 g/mol. The van der Waals surface area contributed by atoms with Crippen LogP contribution in [0.2, 0.25) is 0 Å². The Morgan fingerprint density at radius 1 is 1.25 bits per heavy atom. The Hall–Kier alpha value is -1.91. The van der Waals surface area contributed by atoms with Gasteiger partial charge in [0.1, 0.15) is 0 Å². The first-order chi connectivity index (χ1) is 13.4. The van der Waals surface area contributed by atoms with E-state index in [9.17, 15) is 4.79 Å². The van der Waals surface area contributed by atoms with Gasteiger partial charge in [0, 0.05) is 10.5 Å². The third-order valence-electron chi connectivity index (χ3n) is 6.03. The van der Waals surface area contributed by atoms with E-state index in [0.717, 1.165) is 47.7 Å². The number of fused-ring (bicyclic) bond motifs is 1. The van der Waals surface area contributed by atoms with Crippen LogP contribution in [0.15, 0.2) is 53.5 Å². The van der Waals surface area contributed by atoms with Crippen molar-refractivity contribution < 1.29 is 9.53 Å². The van der Waals surface area contributed by atoms with Crippen molar-refractivity contribution in [2.45, 2.75) is 45.1 Å². The zero-order valence-electron chi connectivity index (χ0n) is 16.6. The number of hydrogen-bond acceptors (Lipinski definition) is 3. The average Bonchev–Trinajstić information content (AvgIpc) is 2.98. The summed E-state index contributed by atoms with van der Waals surface area (Å²) in [6.07, 6.45) is 4.94. The van der Waals surface area contributed by atoms with Crippen molar-refractivity contribution in [2.75, 3.05) is 7.11 Å². The maximum Gasteiger partial charge on any atom is 0.338 e. The van der Waals surface area contributed by atoms with E-state index < -0.39 is 0 Å². The second-order valence-electron chi connectivity index (χ2n) is 7.75. The maximum absolute atomic E-state index is 12.2. The Morgan fingerprint density at radius 2 is 2.00 bits per heavy atom. The van der Waals surface area contributed by atoms with Gasteiger partial charge in [-0.15, -0.1) is 0 Å². The topological polar surface area (TPSA) is 52.3 Å². The van der Waals surface area contributed by atoms with E-state index in [4.69, 9.17) is 10.5 Å². The minimum atomic E-state index is -0.342. The van der Waals surface area contributed by atoms with Crippen LogP contribution in [0.4, 0.5) is 0 Å². The summed E-state index contributed by atoms with van der Waals surface area (Å²) < 4.78 is 5.80. The Morgan fingerprint density at radius 3 is 2.68 bits per heavy atom. The van der Waals surface area contributed by atoms with Crippen LogP contribution < -0.4 is 5.73 Å². The maximum atomic E-state index is 12.2. The number of allylic oxidation sites excluding steroid dienone is 1. The van der Waals surface area contributed by atoms with Gasteiger partial charge in [-0.1, -0.05) is 66.2 Å². The summed E-state index contributed by atoms with van der Waals surface area (Å²) in [5, 5.41) is 0. The molecule has 148 valence electrons. The summed E-state index contributed by atoms with van der Waals surface area (Å²) >= 11 is 3.44. The van der Waals surface area contributed by atoms with Crippen molar-refractivity contribution >= 4 is 27.5 Å². The van der Waals surface area contributed by atoms with Gasteiger partial charge >= 0.3 is 5.97 Å². The molecular weight excluding hydrogens is 414 g/mol. The summed E-state index contributed by atoms with van der Waals surface area (Å²) in [5.74, 6) is -0.342. The van der Waals surface area contributed by atoms with Crippen LogP contribution in [-0.4, -0.2) is 13.1 Å². The summed E-state index contributed by atoms with van der Waals surface area (Å²) in [4.78, 5) is 12.2. The number of halogens is 1. The van der Waals surface area contributed by atoms with E-state index in [1.54, 1.807) is 6.07 Å². The Labute approximate surface area is 176 Å². The van der Waals surface area contributed by atoms with E-state index in [-0.39, 0.29) is 17.4 Å². The number of nitrogens with two attached hydrogens (primary N) is 1. The molecule has 0 heterocycles. The predicted octanol–water partition coefficient (Wildman–Crippen LogP) is 6.07. The summed E-state index contributed by atoms with van der Waals surface area (Å²) in [7, 11) is 1.40. The molecule has 1 aliphatic rings. The molecule has 0 saturated carbocycles. The normalized spacial score (nSPS) is 20.6. The number of ether oxygens (including phenoxy) is 1. The fraction of sp³-hybridized carbons (Fsp3) is 0.375. The smallest absolute Gasteiger partial charge is 0.338 e. The summed E-state index contributed by atoms with van der Waals surface area (Å²) in [6, 6.07) is 14.2. The molecule has 3 nitrogen and oxygen atoms in total. The molecule has 0 aliphatic heterocycles. The predicted molar refractivity (Wildman–Crippen MR) is 118 cm³/mol. The van der Waals surface area contributed by atoms with Crippen molar-refractivity contribution in [2.24, 2.45) is 11.1 Å². The third-order valence-corrected chi connectivity index (χ3v) is 6.53. The molecule has 0 spiro atoms. The van der Waals surface area contributed by atoms with E-state index in [0.29, 0.717) is 5.56 Å². The number of rotatable bonds is 7. The van der Waals surface area contributed by atoms with Crippen LogP contribution in [0.1, 0.15) is 65.7 Å². The lowest BCUT2D eigenvalue weighted by molar-refractivity contribution is 0.0600. The van der Waals surface area contributed by atoms with E-state index in [1.807, 2.05) is 12.1 Å². The van der Waals surface area contributed by atoms with Gasteiger partial charge in [-0.25, -0.2) is 4.79 Å². The molecule has 4 heteroatoms. The Bertz CT molecular complexity index is 892. The summed E-state index contributed by atoms with van der Waals surface area (Å²) in [5.41, 5.74) is 11.8. The molecule has 2 N–H and O–H groups in total. The van der Waals surface area contributed by atoms with E-state index in [1.165, 1.54) is 18.2 Å². The number of carbonyl (C=O) groups is 1. The second-order valence-corrected chi connectivity index (χ2v) is 8.67. The van der Waals surface area contributed by atoms with E-state index in [2.05, 4.69) is 53.7 Å². The standard InChI is InChI=1S/C24H28BrNO2/c1-4-12-24(15-17-7-5-6-8-20(17)22(24)26)13-11-16(2)19-10-9-18(25)14-21(19)23(27)28-3/h5-10,14,22H,2,4,11-13,15,26H2,1,3H3/t22-,24?/m1/s1. The highest BCUT2D eigenvalue weighted by Gasteiger charge is 2.42. The van der Waals surface area contributed by atoms with Crippen LogP contribution in [0.5, 0.6) is 0 Å². The molecule has 0 saturated heterocycles. The highest BCUT2D eigenvalue weighted by atomic mass is 79.9. The zero-order chi connectivity index (χ0) is 20.3. The lowest BCUT2D eigenvalue weighted by Gasteiger charge is -2.34. The quantitative estimate of drug-likeness (QED) is 0.530.